The van der Waals surface area contributed by atoms with Crippen LogP contribution in [0.1, 0.15) is 17.4 Å². The molecule has 114 valence electrons. The summed E-state index contributed by atoms with van der Waals surface area (Å²) in [7, 11) is -1.32. The van der Waals surface area contributed by atoms with Crippen LogP contribution >= 0.6 is 0 Å². The van der Waals surface area contributed by atoms with Crippen molar-refractivity contribution in [3.63, 3.8) is 0 Å². The maximum absolute atomic E-state index is 11.4. The van der Waals surface area contributed by atoms with E-state index in [1.165, 1.54) is 12.1 Å². The Hall–Kier alpha value is -1.63. The standard InChI is InChI=1S/C15H19NO4S/c1-16(10-13-4-3-9-20-13)11-15(17)12-5-7-14(8-6-12)21(2,18)19/h3-9,15,17H,10-11H2,1-2H3. The number of furan rings is 1. The molecule has 5 nitrogen and oxygen atoms in total. The Bertz CT molecular complexity index is 662. The van der Waals surface area contributed by atoms with Crippen LogP contribution in [0.4, 0.5) is 0 Å². The van der Waals surface area contributed by atoms with Crippen LogP contribution in [0.2, 0.25) is 0 Å². The molecule has 0 aliphatic heterocycles. The molecule has 2 rings (SSSR count). The van der Waals surface area contributed by atoms with E-state index in [2.05, 4.69) is 0 Å². The number of sulfone groups is 1. The average molecular weight is 309 g/mol. The summed E-state index contributed by atoms with van der Waals surface area (Å²) in [6.45, 7) is 1.03. The van der Waals surface area contributed by atoms with Gasteiger partial charge in [-0.1, -0.05) is 12.1 Å². The highest BCUT2D eigenvalue weighted by Crippen LogP contribution is 2.18. The van der Waals surface area contributed by atoms with Crippen molar-refractivity contribution in [3.05, 3.63) is 54.0 Å². The van der Waals surface area contributed by atoms with E-state index < -0.39 is 15.9 Å². The van der Waals surface area contributed by atoms with E-state index in [9.17, 15) is 13.5 Å². The number of hydrogen-bond donors (Lipinski definition) is 1. The Morgan fingerprint density at radius 1 is 1.24 bits per heavy atom. The van der Waals surface area contributed by atoms with Crippen LogP contribution in [-0.2, 0) is 16.4 Å². The lowest BCUT2D eigenvalue weighted by molar-refractivity contribution is 0.120. The van der Waals surface area contributed by atoms with Crippen molar-refractivity contribution in [2.45, 2.75) is 17.5 Å². The second-order valence-corrected chi connectivity index (χ2v) is 7.15. The zero-order valence-electron chi connectivity index (χ0n) is 12.1. The summed E-state index contributed by atoms with van der Waals surface area (Å²) < 4.78 is 28.0. The van der Waals surface area contributed by atoms with Gasteiger partial charge in [0.1, 0.15) is 5.76 Å². The van der Waals surface area contributed by atoms with E-state index in [0.29, 0.717) is 18.7 Å². The average Bonchev–Trinajstić information content (AvgIpc) is 2.90. The van der Waals surface area contributed by atoms with Crippen molar-refractivity contribution in [2.24, 2.45) is 0 Å². The molecule has 0 aliphatic rings. The van der Waals surface area contributed by atoms with Gasteiger partial charge in [0.05, 0.1) is 23.8 Å². The number of aliphatic hydroxyl groups excluding tert-OH is 1. The first-order valence-corrected chi connectivity index (χ1v) is 8.44. The zero-order valence-corrected chi connectivity index (χ0v) is 12.9. The largest absolute Gasteiger partial charge is 0.468 e. The van der Waals surface area contributed by atoms with Crippen LogP contribution in [0.15, 0.2) is 52.0 Å². The summed E-state index contributed by atoms with van der Waals surface area (Å²) in [6.07, 6.45) is 2.09. The molecule has 1 N–H and O–H groups in total. The Morgan fingerprint density at radius 3 is 2.43 bits per heavy atom. The predicted molar refractivity (Wildman–Crippen MR) is 79.6 cm³/mol. The van der Waals surface area contributed by atoms with Gasteiger partial charge in [0.25, 0.3) is 0 Å². The third-order valence-corrected chi connectivity index (χ3v) is 4.31. The second kappa shape index (κ2) is 6.43. The second-order valence-electron chi connectivity index (χ2n) is 5.13. The molecule has 21 heavy (non-hydrogen) atoms. The summed E-state index contributed by atoms with van der Waals surface area (Å²) in [4.78, 5) is 2.19. The maximum atomic E-state index is 11.4. The Kier molecular flexibility index (Phi) is 4.82. The van der Waals surface area contributed by atoms with Gasteiger partial charge in [0.15, 0.2) is 9.84 Å². The number of rotatable bonds is 6. The molecule has 0 fully saturated rings. The first-order valence-electron chi connectivity index (χ1n) is 6.55. The summed E-state index contributed by atoms with van der Waals surface area (Å²) in [6, 6.07) is 10.0. The number of hydrogen-bond acceptors (Lipinski definition) is 5. The fraction of sp³-hybridized carbons (Fsp3) is 0.333. The molecule has 0 radical (unpaired) electrons. The van der Waals surface area contributed by atoms with Crippen LogP contribution in [-0.4, -0.2) is 38.3 Å². The van der Waals surface area contributed by atoms with Gasteiger partial charge < -0.3 is 9.52 Å². The van der Waals surface area contributed by atoms with Gasteiger partial charge in [-0.2, -0.15) is 0 Å². The van der Waals surface area contributed by atoms with Gasteiger partial charge in [0.2, 0.25) is 0 Å². The van der Waals surface area contributed by atoms with Gasteiger partial charge >= 0.3 is 0 Å². The smallest absolute Gasteiger partial charge is 0.175 e. The molecule has 0 amide bonds. The summed E-state index contributed by atoms with van der Waals surface area (Å²) in [5.41, 5.74) is 0.689. The molecule has 0 spiro atoms. The van der Waals surface area contributed by atoms with Gasteiger partial charge in [-0.15, -0.1) is 0 Å². The van der Waals surface area contributed by atoms with E-state index >= 15 is 0 Å². The third kappa shape index (κ3) is 4.42. The molecule has 1 heterocycles. The van der Waals surface area contributed by atoms with Crippen molar-refractivity contribution in [2.75, 3.05) is 19.8 Å². The SMILES string of the molecule is CN(Cc1ccco1)CC(O)c1ccc(S(C)(=O)=O)cc1. The fourth-order valence-corrected chi connectivity index (χ4v) is 2.70. The summed E-state index contributed by atoms with van der Waals surface area (Å²) >= 11 is 0. The van der Waals surface area contributed by atoms with E-state index in [0.717, 1.165) is 12.0 Å². The highest BCUT2D eigenvalue weighted by molar-refractivity contribution is 7.90. The molecule has 1 atom stereocenters. The van der Waals surface area contributed by atoms with Crippen molar-refractivity contribution < 1.29 is 17.9 Å². The van der Waals surface area contributed by atoms with Crippen molar-refractivity contribution in [3.8, 4) is 0 Å². The minimum absolute atomic E-state index is 0.252. The third-order valence-electron chi connectivity index (χ3n) is 3.18. The Morgan fingerprint density at radius 2 is 1.90 bits per heavy atom. The van der Waals surface area contributed by atoms with Gasteiger partial charge in [-0.3, -0.25) is 4.90 Å². The first-order chi connectivity index (χ1) is 9.86. The molecule has 6 heteroatoms. The Labute approximate surface area is 124 Å². The van der Waals surface area contributed by atoms with E-state index in [1.807, 2.05) is 24.1 Å². The molecule has 0 bridgehead atoms. The summed E-state index contributed by atoms with van der Waals surface area (Å²) in [5, 5.41) is 10.2. The number of nitrogens with zero attached hydrogens (tertiary/aromatic N) is 1. The highest BCUT2D eigenvalue weighted by atomic mass is 32.2. The van der Waals surface area contributed by atoms with E-state index in [-0.39, 0.29) is 4.90 Å². The lowest BCUT2D eigenvalue weighted by atomic mass is 10.1. The monoisotopic (exact) mass is 309 g/mol. The quantitative estimate of drug-likeness (QED) is 0.882. The number of benzene rings is 1. The van der Waals surface area contributed by atoms with E-state index in [4.69, 9.17) is 4.42 Å². The number of likely N-dealkylation sites (N-methyl/N-ethyl adjacent to an activating group) is 1. The van der Waals surface area contributed by atoms with Crippen LogP contribution in [0.25, 0.3) is 0 Å². The molecular weight excluding hydrogens is 290 g/mol. The van der Waals surface area contributed by atoms with Crippen LogP contribution in [0.3, 0.4) is 0 Å². The van der Waals surface area contributed by atoms with Crippen molar-refractivity contribution >= 4 is 9.84 Å². The topological polar surface area (TPSA) is 70.8 Å². The molecule has 1 aromatic heterocycles. The zero-order chi connectivity index (χ0) is 15.5. The molecule has 0 aliphatic carbocycles. The van der Waals surface area contributed by atoms with Gasteiger partial charge in [0, 0.05) is 12.8 Å². The minimum atomic E-state index is -3.21. The number of aliphatic hydroxyl groups is 1. The molecule has 2 aromatic rings. The fourth-order valence-electron chi connectivity index (χ4n) is 2.07. The summed E-state index contributed by atoms with van der Waals surface area (Å²) in [5.74, 6) is 0.831. The Balaban J connectivity index is 1.98. The van der Waals surface area contributed by atoms with E-state index in [1.54, 1.807) is 18.4 Å². The predicted octanol–water partition coefficient (Wildman–Crippen LogP) is 1.85. The molecule has 0 saturated heterocycles. The molecular formula is C15H19NO4S. The lowest BCUT2D eigenvalue weighted by Crippen LogP contribution is -2.24. The molecule has 1 unspecified atom stereocenters. The molecule has 1 aromatic carbocycles. The normalized spacial score (nSPS) is 13.5. The van der Waals surface area contributed by atoms with Gasteiger partial charge in [-0.05, 0) is 36.9 Å². The lowest BCUT2D eigenvalue weighted by Gasteiger charge is -2.20. The highest BCUT2D eigenvalue weighted by Gasteiger charge is 2.13. The van der Waals surface area contributed by atoms with Crippen LogP contribution in [0.5, 0.6) is 0 Å². The van der Waals surface area contributed by atoms with Crippen LogP contribution < -0.4 is 0 Å². The van der Waals surface area contributed by atoms with Crippen LogP contribution in [0, 0.1) is 0 Å². The maximum Gasteiger partial charge on any atom is 0.175 e. The van der Waals surface area contributed by atoms with Crippen molar-refractivity contribution in [1.82, 2.24) is 4.90 Å². The van der Waals surface area contributed by atoms with Crippen molar-refractivity contribution in [1.29, 1.82) is 0 Å². The van der Waals surface area contributed by atoms with Gasteiger partial charge in [-0.25, -0.2) is 8.42 Å². The molecule has 0 saturated carbocycles. The minimum Gasteiger partial charge on any atom is -0.468 e. The first kappa shape index (κ1) is 15.8.